The molecule has 30 heavy (non-hydrogen) atoms. The van der Waals surface area contributed by atoms with E-state index in [4.69, 9.17) is 9.47 Å². The number of hydrogen-bond acceptors (Lipinski definition) is 5. The van der Waals surface area contributed by atoms with Crippen LogP contribution in [0, 0.1) is 0 Å². The van der Waals surface area contributed by atoms with E-state index >= 15 is 0 Å². The maximum Gasteiger partial charge on any atom is 0.259 e. The second-order valence-electron chi connectivity index (χ2n) is 7.27. The number of rotatable bonds is 7. The van der Waals surface area contributed by atoms with Gasteiger partial charge < -0.3 is 19.3 Å². The zero-order chi connectivity index (χ0) is 21.3. The van der Waals surface area contributed by atoms with E-state index in [0.29, 0.717) is 24.1 Å². The first-order valence-corrected chi connectivity index (χ1v) is 9.53. The molecular formula is C24H22N2O4. The van der Waals surface area contributed by atoms with Crippen LogP contribution in [0.2, 0.25) is 0 Å². The highest BCUT2D eigenvalue weighted by molar-refractivity contribution is 6.25. The van der Waals surface area contributed by atoms with Crippen LogP contribution in [0.4, 0.5) is 5.69 Å². The molecule has 152 valence electrons. The van der Waals surface area contributed by atoms with Crippen LogP contribution in [0.3, 0.4) is 0 Å². The van der Waals surface area contributed by atoms with Gasteiger partial charge in [0.2, 0.25) is 0 Å². The number of carbonyl (C=O) groups is 2. The molecule has 0 saturated heterocycles. The van der Waals surface area contributed by atoms with Crippen molar-refractivity contribution in [3.05, 3.63) is 77.7 Å². The van der Waals surface area contributed by atoms with E-state index in [9.17, 15) is 9.59 Å². The number of benzene rings is 3. The Morgan fingerprint density at radius 3 is 2.50 bits per heavy atom. The predicted molar refractivity (Wildman–Crippen MR) is 116 cm³/mol. The van der Waals surface area contributed by atoms with Crippen LogP contribution < -0.4 is 14.4 Å². The molecule has 0 spiro atoms. The van der Waals surface area contributed by atoms with E-state index in [1.54, 1.807) is 29.2 Å². The van der Waals surface area contributed by atoms with Gasteiger partial charge in [-0.05, 0) is 35.9 Å². The number of aldehydes is 1. The molecule has 6 heteroatoms. The van der Waals surface area contributed by atoms with Crippen LogP contribution in [0.15, 0.2) is 66.6 Å². The van der Waals surface area contributed by atoms with E-state index in [1.807, 2.05) is 62.6 Å². The molecule has 0 bridgehead atoms. The summed E-state index contributed by atoms with van der Waals surface area (Å²) in [4.78, 5) is 28.0. The zero-order valence-corrected chi connectivity index (χ0v) is 17.1. The van der Waals surface area contributed by atoms with E-state index < -0.39 is 0 Å². The summed E-state index contributed by atoms with van der Waals surface area (Å²) in [7, 11) is 5.26. The van der Waals surface area contributed by atoms with Crippen LogP contribution in [0.25, 0.3) is 10.8 Å². The first kappa shape index (κ1) is 19.5. The van der Waals surface area contributed by atoms with Crippen molar-refractivity contribution < 1.29 is 19.1 Å². The smallest absolute Gasteiger partial charge is 0.259 e. The number of anilines is 1. The highest BCUT2D eigenvalue weighted by Crippen LogP contribution is 2.42. The zero-order valence-electron chi connectivity index (χ0n) is 17.1. The monoisotopic (exact) mass is 402 g/mol. The third-order valence-corrected chi connectivity index (χ3v) is 4.97. The second kappa shape index (κ2) is 7.91. The molecule has 1 heterocycles. The van der Waals surface area contributed by atoms with Crippen LogP contribution in [0.1, 0.15) is 15.9 Å². The summed E-state index contributed by atoms with van der Waals surface area (Å²) in [5, 5.41) is 1.63. The Bertz CT molecular complexity index is 1150. The normalized spacial score (nSPS) is 13.0. The molecule has 0 fully saturated rings. The summed E-state index contributed by atoms with van der Waals surface area (Å²) in [6.45, 7) is 0.451. The lowest BCUT2D eigenvalue weighted by Gasteiger charge is -2.18. The first-order chi connectivity index (χ1) is 14.5. The third-order valence-electron chi connectivity index (χ3n) is 4.97. The van der Waals surface area contributed by atoms with Gasteiger partial charge in [-0.2, -0.15) is 0 Å². The Labute approximate surface area is 174 Å². The lowest BCUT2D eigenvalue weighted by molar-refractivity contribution is -0.106. The van der Waals surface area contributed by atoms with Gasteiger partial charge in [0.25, 0.3) is 5.91 Å². The molecule has 1 aliphatic rings. The minimum atomic E-state index is -0.0528. The molecule has 0 N–H and O–H groups in total. The minimum absolute atomic E-state index is 0.0528. The number of methoxy groups -OCH3 is 1. The largest absolute Gasteiger partial charge is 0.497 e. The number of hydrogen-bond donors (Lipinski definition) is 0. The number of carbonyl (C=O) groups excluding carboxylic acids is 2. The van der Waals surface area contributed by atoms with Gasteiger partial charge in [-0.15, -0.1) is 0 Å². The fraction of sp³-hybridized carbons (Fsp3) is 0.167. The number of allylic oxidation sites excluding steroid dienone is 1. The quantitative estimate of drug-likeness (QED) is 0.340. The highest BCUT2D eigenvalue weighted by atomic mass is 16.5. The van der Waals surface area contributed by atoms with Crippen molar-refractivity contribution >= 4 is 28.7 Å². The standard InChI is InChI=1S/C24H22N2O4/c1-25(2)14-18(15-27)30-22-12-11-21-23-19(22)5-4-6-20(23)24(28)26(21)13-16-7-9-17(29-3)10-8-16/h4-12,14-15H,13H2,1-3H3. The Morgan fingerprint density at radius 1 is 1.07 bits per heavy atom. The molecule has 0 atom stereocenters. The van der Waals surface area contributed by atoms with Crippen molar-refractivity contribution in [2.75, 3.05) is 26.1 Å². The first-order valence-electron chi connectivity index (χ1n) is 9.53. The molecule has 3 aromatic carbocycles. The SMILES string of the molecule is COc1ccc(CN2C(=O)c3cccc4c(OC(C=O)=CN(C)C)ccc2c34)cc1. The average molecular weight is 402 g/mol. The fourth-order valence-electron chi connectivity index (χ4n) is 3.64. The van der Waals surface area contributed by atoms with Crippen LogP contribution in [0.5, 0.6) is 11.5 Å². The summed E-state index contributed by atoms with van der Waals surface area (Å²) in [5.74, 6) is 1.45. The molecule has 0 aromatic heterocycles. The van der Waals surface area contributed by atoms with Crippen molar-refractivity contribution in [3.8, 4) is 11.5 Å². The maximum absolute atomic E-state index is 13.1. The number of ether oxygens (including phenoxy) is 2. The van der Waals surface area contributed by atoms with Crippen LogP contribution in [-0.4, -0.2) is 38.3 Å². The molecule has 4 rings (SSSR count). The van der Waals surface area contributed by atoms with Crippen molar-refractivity contribution in [3.63, 3.8) is 0 Å². The van der Waals surface area contributed by atoms with Crippen molar-refractivity contribution in [1.82, 2.24) is 4.90 Å². The highest BCUT2D eigenvalue weighted by Gasteiger charge is 2.30. The summed E-state index contributed by atoms with van der Waals surface area (Å²) >= 11 is 0. The maximum atomic E-state index is 13.1. The summed E-state index contributed by atoms with van der Waals surface area (Å²) in [6, 6.07) is 16.9. The lowest BCUT2D eigenvalue weighted by atomic mass is 10.0. The Balaban J connectivity index is 1.73. The minimum Gasteiger partial charge on any atom is -0.497 e. The lowest BCUT2D eigenvalue weighted by Crippen LogP contribution is -2.25. The van der Waals surface area contributed by atoms with Crippen molar-refractivity contribution in [1.29, 1.82) is 0 Å². The average Bonchev–Trinajstić information content (AvgIpc) is 3.02. The Morgan fingerprint density at radius 2 is 1.83 bits per heavy atom. The van der Waals surface area contributed by atoms with E-state index in [0.717, 1.165) is 27.8 Å². The number of amides is 1. The Hall–Kier alpha value is -3.80. The van der Waals surface area contributed by atoms with E-state index in [2.05, 4.69) is 0 Å². The second-order valence-corrected chi connectivity index (χ2v) is 7.27. The van der Waals surface area contributed by atoms with Crippen molar-refractivity contribution in [2.45, 2.75) is 6.54 Å². The van der Waals surface area contributed by atoms with Gasteiger partial charge in [0, 0.05) is 36.6 Å². The van der Waals surface area contributed by atoms with Gasteiger partial charge in [-0.1, -0.05) is 24.3 Å². The van der Waals surface area contributed by atoms with Crippen molar-refractivity contribution in [2.24, 2.45) is 0 Å². The summed E-state index contributed by atoms with van der Waals surface area (Å²) in [6.07, 6.45) is 2.28. The molecule has 3 aromatic rings. The van der Waals surface area contributed by atoms with Gasteiger partial charge >= 0.3 is 0 Å². The Kier molecular flexibility index (Phi) is 5.14. The third kappa shape index (κ3) is 3.48. The summed E-state index contributed by atoms with van der Waals surface area (Å²) < 4.78 is 11.1. The molecule has 0 radical (unpaired) electrons. The molecular weight excluding hydrogens is 380 g/mol. The molecule has 1 amide bonds. The predicted octanol–water partition coefficient (Wildman–Crippen LogP) is 3.99. The molecule has 1 aliphatic heterocycles. The topological polar surface area (TPSA) is 59.1 Å². The fourth-order valence-corrected chi connectivity index (χ4v) is 3.64. The van der Waals surface area contributed by atoms with E-state index in [1.165, 1.54) is 0 Å². The molecule has 0 saturated carbocycles. The molecule has 0 aliphatic carbocycles. The van der Waals surface area contributed by atoms with Crippen LogP contribution >= 0.6 is 0 Å². The van der Waals surface area contributed by atoms with Gasteiger partial charge in [0.05, 0.1) is 19.3 Å². The summed E-state index contributed by atoms with van der Waals surface area (Å²) in [5.41, 5.74) is 2.46. The molecule has 0 unspecified atom stereocenters. The van der Waals surface area contributed by atoms with Crippen LogP contribution in [-0.2, 0) is 11.3 Å². The number of nitrogens with zero attached hydrogens (tertiary/aromatic N) is 2. The van der Waals surface area contributed by atoms with E-state index in [-0.39, 0.29) is 11.7 Å². The molecule has 6 nitrogen and oxygen atoms in total. The van der Waals surface area contributed by atoms with Gasteiger partial charge in [0.15, 0.2) is 12.0 Å². The van der Waals surface area contributed by atoms with Gasteiger partial charge in [-0.25, -0.2) is 0 Å². The van der Waals surface area contributed by atoms with Gasteiger partial charge in [-0.3, -0.25) is 9.59 Å². The van der Waals surface area contributed by atoms with Gasteiger partial charge in [0.1, 0.15) is 11.5 Å².